The van der Waals surface area contributed by atoms with Crippen LogP contribution >= 0.6 is 0 Å². The molecule has 142 valence electrons. The predicted molar refractivity (Wildman–Crippen MR) is 101 cm³/mol. The van der Waals surface area contributed by atoms with Crippen molar-refractivity contribution in [3.8, 4) is 11.5 Å². The molecule has 0 fully saturated rings. The maximum absolute atomic E-state index is 12.5. The maximum atomic E-state index is 12.5. The lowest BCUT2D eigenvalue weighted by atomic mass is 10.2. The molecule has 9 heteroatoms. The summed E-state index contributed by atoms with van der Waals surface area (Å²) in [7, 11) is 6.02. The fraction of sp³-hybridized carbons (Fsp3) is 0.278. The summed E-state index contributed by atoms with van der Waals surface area (Å²) < 4.78 is 14.3. The van der Waals surface area contributed by atoms with Crippen LogP contribution in [0.15, 0.2) is 40.1 Å². The Bertz CT molecular complexity index is 1140. The molecule has 2 heterocycles. The van der Waals surface area contributed by atoms with E-state index >= 15 is 0 Å². The van der Waals surface area contributed by atoms with Crippen LogP contribution in [-0.4, -0.2) is 33.8 Å². The molecule has 0 aliphatic heterocycles. The van der Waals surface area contributed by atoms with Crippen molar-refractivity contribution in [2.75, 3.05) is 19.5 Å². The first-order valence-corrected chi connectivity index (χ1v) is 8.14. The summed E-state index contributed by atoms with van der Waals surface area (Å²) in [4.78, 5) is 36.9. The Morgan fingerprint density at radius 2 is 1.81 bits per heavy atom. The van der Waals surface area contributed by atoms with Gasteiger partial charge in [0.05, 0.1) is 25.3 Å². The molecular weight excluding hydrogens is 352 g/mol. The zero-order valence-electron chi connectivity index (χ0n) is 15.5. The van der Waals surface area contributed by atoms with Gasteiger partial charge in [-0.2, -0.15) is 0 Å². The summed E-state index contributed by atoms with van der Waals surface area (Å²) in [6, 6.07) is 6.64. The number of carbonyl (C=O) groups excluding carboxylic acids is 1. The molecule has 3 rings (SSSR count). The van der Waals surface area contributed by atoms with Gasteiger partial charge in [-0.15, -0.1) is 0 Å². The van der Waals surface area contributed by atoms with E-state index < -0.39 is 11.2 Å². The molecule has 0 aliphatic rings. The molecule has 27 heavy (non-hydrogen) atoms. The highest BCUT2D eigenvalue weighted by atomic mass is 16.5. The summed E-state index contributed by atoms with van der Waals surface area (Å²) >= 11 is 0. The topological polar surface area (TPSA) is 96.5 Å². The van der Waals surface area contributed by atoms with Crippen LogP contribution in [0.25, 0.3) is 11.0 Å². The molecule has 0 bridgehead atoms. The van der Waals surface area contributed by atoms with Crippen LogP contribution in [0.5, 0.6) is 11.5 Å². The summed E-state index contributed by atoms with van der Waals surface area (Å²) in [5, 5.41) is 3.13. The molecule has 3 aromatic rings. The number of aryl methyl sites for hydroxylation is 1. The monoisotopic (exact) mass is 372 g/mol. The van der Waals surface area contributed by atoms with Crippen LogP contribution in [0.4, 0.5) is 5.69 Å². The SMILES string of the molecule is COc1ccc(NC(=O)Cn2ccc3c(=O)n(C)c(=O)n(C)c32)c(OC)c1. The molecule has 1 aromatic carbocycles. The number of amides is 1. The average molecular weight is 372 g/mol. The fourth-order valence-electron chi connectivity index (χ4n) is 2.96. The minimum atomic E-state index is -0.454. The number of nitrogens with one attached hydrogen (secondary N) is 1. The van der Waals surface area contributed by atoms with Gasteiger partial charge in [-0.05, 0) is 18.2 Å². The van der Waals surface area contributed by atoms with E-state index in [-0.39, 0.29) is 12.5 Å². The molecule has 1 N–H and O–H groups in total. The molecule has 9 nitrogen and oxygen atoms in total. The van der Waals surface area contributed by atoms with Gasteiger partial charge in [0, 0.05) is 26.4 Å². The second kappa shape index (κ2) is 7.02. The summed E-state index contributed by atoms with van der Waals surface area (Å²) in [6.07, 6.45) is 1.61. The minimum Gasteiger partial charge on any atom is -0.497 e. The Kier molecular flexibility index (Phi) is 4.76. The van der Waals surface area contributed by atoms with Gasteiger partial charge in [-0.3, -0.25) is 18.7 Å². The van der Waals surface area contributed by atoms with Crippen molar-refractivity contribution < 1.29 is 14.3 Å². The highest BCUT2D eigenvalue weighted by molar-refractivity contribution is 5.93. The first kappa shape index (κ1) is 18.3. The summed E-state index contributed by atoms with van der Waals surface area (Å²) in [5.74, 6) is 0.734. The normalized spacial score (nSPS) is 10.8. The number of hydrogen-bond acceptors (Lipinski definition) is 5. The van der Waals surface area contributed by atoms with Crippen LogP contribution in [-0.2, 0) is 25.4 Å². The zero-order chi connectivity index (χ0) is 19.7. The van der Waals surface area contributed by atoms with Crippen molar-refractivity contribution in [1.82, 2.24) is 13.7 Å². The molecule has 0 radical (unpaired) electrons. The summed E-state index contributed by atoms with van der Waals surface area (Å²) in [5.41, 5.74) is 0.0262. The van der Waals surface area contributed by atoms with Crippen molar-refractivity contribution in [1.29, 1.82) is 0 Å². The van der Waals surface area contributed by atoms with Gasteiger partial charge >= 0.3 is 5.69 Å². The molecule has 0 unspecified atom stereocenters. The van der Waals surface area contributed by atoms with Crippen molar-refractivity contribution in [2.45, 2.75) is 6.54 Å². The van der Waals surface area contributed by atoms with E-state index in [2.05, 4.69) is 5.32 Å². The number of benzene rings is 1. The van der Waals surface area contributed by atoms with Crippen molar-refractivity contribution in [2.24, 2.45) is 14.1 Å². The Balaban J connectivity index is 1.92. The molecule has 0 aliphatic carbocycles. The Hall–Kier alpha value is -3.49. The van der Waals surface area contributed by atoms with Crippen molar-refractivity contribution in [3.05, 3.63) is 51.3 Å². The summed E-state index contributed by atoms with van der Waals surface area (Å²) in [6.45, 7) is -0.0703. The smallest absolute Gasteiger partial charge is 0.332 e. The van der Waals surface area contributed by atoms with Crippen LogP contribution in [0, 0.1) is 0 Å². The van der Waals surface area contributed by atoms with E-state index in [0.717, 1.165) is 4.57 Å². The Labute approximate surface area is 154 Å². The second-order valence-corrected chi connectivity index (χ2v) is 6.00. The van der Waals surface area contributed by atoms with Gasteiger partial charge in [0.1, 0.15) is 23.7 Å². The van der Waals surface area contributed by atoms with Crippen molar-refractivity contribution >= 4 is 22.6 Å². The zero-order valence-corrected chi connectivity index (χ0v) is 15.5. The van der Waals surface area contributed by atoms with Gasteiger partial charge in [-0.1, -0.05) is 0 Å². The Morgan fingerprint density at radius 3 is 2.48 bits per heavy atom. The number of fused-ring (bicyclic) bond motifs is 1. The standard InChI is InChI=1S/C18H20N4O5/c1-20-16-12(17(24)21(2)18(20)25)7-8-22(16)10-15(23)19-13-6-5-11(26-3)9-14(13)27-4/h5-9H,10H2,1-4H3,(H,19,23). The quantitative estimate of drug-likeness (QED) is 0.711. The van der Waals surface area contributed by atoms with Crippen LogP contribution in [0.2, 0.25) is 0 Å². The number of carbonyl (C=O) groups is 1. The molecule has 2 aromatic heterocycles. The third kappa shape index (κ3) is 3.19. The van der Waals surface area contributed by atoms with E-state index in [0.29, 0.717) is 28.2 Å². The van der Waals surface area contributed by atoms with E-state index in [4.69, 9.17) is 9.47 Å². The van der Waals surface area contributed by atoms with Gasteiger partial charge in [0.2, 0.25) is 5.91 Å². The number of anilines is 1. The highest BCUT2D eigenvalue weighted by Crippen LogP contribution is 2.29. The highest BCUT2D eigenvalue weighted by Gasteiger charge is 2.15. The Morgan fingerprint density at radius 1 is 1.07 bits per heavy atom. The van der Waals surface area contributed by atoms with Gasteiger partial charge in [0.15, 0.2) is 0 Å². The molecule has 0 saturated heterocycles. The number of methoxy groups -OCH3 is 2. The minimum absolute atomic E-state index is 0.0703. The average Bonchev–Trinajstić information content (AvgIpc) is 3.08. The first-order valence-electron chi connectivity index (χ1n) is 8.14. The number of rotatable bonds is 5. The number of ether oxygens (including phenoxy) is 2. The molecule has 1 amide bonds. The molecule has 0 atom stereocenters. The molecule has 0 spiro atoms. The fourth-order valence-corrected chi connectivity index (χ4v) is 2.96. The number of nitrogens with zero attached hydrogens (tertiary/aromatic N) is 3. The number of hydrogen-bond donors (Lipinski definition) is 1. The van der Waals surface area contributed by atoms with Gasteiger partial charge in [0.25, 0.3) is 5.56 Å². The van der Waals surface area contributed by atoms with Crippen LogP contribution in [0.1, 0.15) is 0 Å². The van der Waals surface area contributed by atoms with Crippen LogP contribution in [0.3, 0.4) is 0 Å². The van der Waals surface area contributed by atoms with E-state index in [1.807, 2.05) is 0 Å². The van der Waals surface area contributed by atoms with E-state index in [1.165, 1.54) is 18.7 Å². The van der Waals surface area contributed by atoms with Crippen LogP contribution < -0.4 is 26.0 Å². The maximum Gasteiger partial charge on any atom is 0.332 e. The molecular formula is C18H20N4O5. The molecule has 0 saturated carbocycles. The largest absolute Gasteiger partial charge is 0.497 e. The first-order chi connectivity index (χ1) is 12.9. The third-order valence-electron chi connectivity index (χ3n) is 4.36. The third-order valence-corrected chi connectivity index (χ3v) is 4.36. The lowest BCUT2D eigenvalue weighted by Gasteiger charge is -2.13. The predicted octanol–water partition coefficient (Wildman–Crippen LogP) is 0.695. The van der Waals surface area contributed by atoms with E-state index in [9.17, 15) is 14.4 Å². The number of aromatic nitrogens is 3. The van der Waals surface area contributed by atoms with Gasteiger partial charge < -0.3 is 19.4 Å². The van der Waals surface area contributed by atoms with E-state index in [1.54, 1.807) is 49.2 Å². The second-order valence-electron chi connectivity index (χ2n) is 6.00. The lowest BCUT2D eigenvalue weighted by molar-refractivity contribution is -0.116. The van der Waals surface area contributed by atoms with Crippen molar-refractivity contribution in [3.63, 3.8) is 0 Å². The van der Waals surface area contributed by atoms with Gasteiger partial charge in [-0.25, -0.2) is 4.79 Å². The lowest BCUT2D eigenvalue weighted by Crippen LogP contribution is -2.37.